The van der Waals surface area contributed by atoms with Crippen LogP contribution >= 0.6 is 12.4 Å². The lowest BCUT2D eigenvalue weighted by Gasteiger charge is -2.36. The van der Waals surface area contributed by atoms with Crippen molar-refractivity contribution in [1.82, 2.24) is 19.7 Å². The summed E-state index contributed by atoms with van der Waals surface area (Å²) in [4.78, 5) is 9.15. The van der Waals surface area contributed by atoms with Gasteiger partial charge in [-0.2, -0.15) is 18.3 Å². The predicted molar refractivity (Wildman–Crippen MR) is 122 cm³/mol. The number of piperazine rings is 1. The fourth-order valence-corrected chi connectivity index (χ4v) is 3.83. The Hall–Kier alpha value is -2.58. The second kappa shape index (κ2) is 9.92. The van der Waals surface area contributed by atoms with Crippen LogP contribution in [0.2, 0.25) is 0 Å². The second-order valence-electron chi connectivity index (χ2n) is 8.14. The van der Waals surface area contributed by atoms with Crippen molar-refractivity contribution in [3.05, 3.63) is 66.1 Å². The van der Waals surface area contributed by atoms with Gasteiger partial charge in [0.05, 0.1) is 11.8 Å². The van der Waals surface area contributed by atoms with Gasteiger partial charge in [0, 0.05) is 62.3 Å². The highest BCUT2D eigenvalue weighted by molar-refractivity contribution is 5.85. The first-order chi connectivity index (χ1) is 14.8. The molecule has 0 atom stereocenters. The molecule has 0 aliphatic carbocycles. The first kappa shape index (κ1) is 24.1. The molecular formula is C23H27ClF3N5. The van der Waals surface area contributed by atoms with Gasteiger partial charge in [-0.05, 0) is 43.7 Å². The number of hydrogen-bond donors (Lipinski definition) is 0. The van der Waals surface area contributed by atoms with Gasteiger partial charge in [0.1, 0.15) is 5.82 Å². The van der Waals surface area contributed by atoms with Crippen molar-refractivity contribution in [2.75, 3.05) is 31.1 Å². The predicted octanol–water partition coefficient (Wildman–Crippen LogP) is 5.29. The first-order valence-electron chi connectivity index (χ1n) is 10.4. The average Bonchev–Trinajstić information content (AvgIpc) is 3.23. The zero-order chi connectivity index (χ0) is 22.0. The molecule has 1 aromatic carbocycles. The zero-order valence-electron chi connectivity index (χ0n) is 18.1. The van der Waals surface area contributed by atoms with Crippen molar-refractivity contribution in [2.45, 2.75) is 32.6 Å². The van der Waals surface area contributed by atoms with E-state index in [0.29, 0.717) is 6.04 Å². The molecule has 32 heavy (non-hydrogen) atoms. The Labute approximate surface area is 192 Å². The number of nitrogens with zero attached hydrogens (tertiary/aromatic N) is 5. The Morgan fingerprint density at radius 1 is 1.00 bits per heavy atom. The average molecular weight is 466 g/mol. The number of anilines is 1. The third kappa shape index (κ3) is 5.42. The Morgan fingerprint density at radius 3 is 2.28 bits per heavy atom. The highest BCUT2D eigenvalue weighted by Crippen LogP contribution is 2.33. The fourth-order valence-electron chi connectivity index (χ4n) is 3.83. The van der Waals surface area contributed by atoms with E-state index in [1.165, 1.54) is 17.7 Å². The normalized spacial score (nSPS) is 15.1. The Kier molecular flexibility index (Phi) is 7.46. The summed E-state index contributed by atoms with van der Waals surface area (Å²) in [6.45, 7) is 8.46. The van der Waals surface area contributed by atoms with Crippen LogP contribution in [0.4, 0.5) is 19.0 Å². The van der Waals surface area contributed by atoms with Gasteiger partial charge in [-0.15, -0.1) is 12.4 Å². The van der Waals surface area contributed by atoms with Crippen molar-refractivity contribution >= 4 is 18.2 Å². The molecule has 1 saturated heterocycles. The molecule has 0 N–H and O–H groups in total. The van der Waals surface area contributed by atoms with Crippen molar-refractivity contribution in [1.29, 1.82) is 0 Å². The van der Waals surface area contributed by atoms with E-state index < -0.39 is 11.7 Å². The third-order valence-corrected chi connectivity index (χ3v) is 5.57. The summed E-state index contributed by atoms with van der Waals surface area (Å²) in [6, 6.07) is 9.37. The van der Waals surface area contributed by atoms with Crippen molar-refractivity contribution < 1.29 is 13.2 Å². The molecule has 0 unspecified atom stereocenters. The molecule has 3 heterocycles. The van der Waals surface area contributed by atoms with E-state index in [-0.39, 0.29) is 12.4 Å². The summed E-state index contributed by atoms with van der Waals surface area (Å²) < 4.78 is 40.7. The van der Waals surface area contributed by atoms with Crippen LogP contribution < -0.4 is 4.90 Å². The maximum atomic E-state index is 12.9. The minimum Gasteiger partial charge on any atom is -0.354 e. The van der Waals surface area contributed by atoms with Gasteiger partial charge in [-0.25, -0.2) is 4.98 Å². The minimum absolute atomic E-state index is 0. The van der Waals surface area contributed by atoms with Gasteiger partial charge in [0.15, 0.2) is 0 Å². The lowest BCUT2D eigenvalue weighted by molar-refractivity contribution is -0.137. The first-order valence-corrected chi connectivity index (χ1v) is 10.4. The molecule has 9 heteroatoms. The number of hydrogen-bond acceptors (Lipinski definition) is 4. The van der Waals surface area contributed by atoms with E-state index in [4.69, 9.17) is 0 Å². The Morgan fingerprint density at radius 2 is 1.69 bits per heavy atom. The highest BCUT2D eigenvalue weighted by atomic mass is 35.5. The van der Waals surface area contributed by atoms with Gasteiger partial charge < -0.3 is 4.90 Å². The topological polar surface area (TPSA) is 37.2 Å². The van der Waals surface area contributed by atoms with Crippen LogP contribution in [0.25, 0.3) is 11.1 Å². The number of alkyl halides is 3. The van der Waals surface area contributed by atoms with E-state index in [9.17, 15) is 13.2 Å². The number of rotatable bonds is 5. The molecule has 1 fully saturated rings. The standard InChI is InChI=1S/C23H26F3N5.ClH/c1-17(2)31-16-18(14-28-31)15-29-10-12-30(13-11-29)22-21(4-3-9-27-22)19-5-7-20(8-6-19)23(24,25)26;/h3-9,14,16-17H,10-13,15H2,1-2H3;1H. The molecule has 2 aromatic heterocycles. The van der Waals surface area contributed by atoms with E-state index in [1.807, 2.05) is 23.0 Å². The van der Waals surface area contributed by atoms with Crippen LogP contribution in [0.3, 0.4) is 0 Å². The number of halogens is 4. The van der Waals surface area contributed by atoms with Crippen LogP contribution in [0.5, 0.6) is 0 Å². The van der Waals surface area contributed by atoms with E-state index in [1.54, 1.807) is 6.20 Å². The van der Waals surface area contributed by atoms with Crippen molar-refractivity contribution in [3.8, 4) is 11.1 Å². The molecule has 0 radical (unpaired) electrons. The maximum absolute atomic E-state index is 12.9. The summed E-state index contributed by atoms with van der Waals surface area (Å²) in [6.07, 6.45) is 1.42. The van der Waals surface area contributed by atoms with Crippen LogP contribution in [-0.2, 0) is 12.7 Å². The van der Waals surface area contributed by atoms with Gasteiger partial charge >= 0.3 is 6.18 Å². The highest BCUT2D eigenvalue weighted by Gasteiger charge is 2.30. The number of aromatic nitrogens is 3. The lowest BCUT2D eigenvalue weighted by Crippen LogP contribution is -2.46. The van der Waals surface area contributed by atoms with Crippen LogP contribution in [0.1, 0.15) is 31.0 Å². The summed E-state index contributed by atoms with van der Waals surface area (Å²) in [5, 5.41) is 4.41. The third-order valence-electron chi connectivity index (χ3n) is 5.57. The SMILES string of the molecule is CC(C)n1cc(CN2CCN(c3ncccc3-c3ccc(C(F)(F)F)cc3)CC2)cn1.Cl. The van der Waals surface area contributed by atoms with Crippen LogP contribution in [-0.4, -0.2) is 45.8 Å². The molecule has 0 saturated carbocycles. The lowest BCUT2D eigenvalue weighted by atomic mass is 10.0. The molecule has 1 aliphatic rings. The number of pyridine rings is 1. The smallest absolute Gasteiger partial charge is 0.354 e. The van der Waals surface area contributed by atoms with Gasteiger partial charge in [-0.1, -0.05) is 12.1 Å². The molecule has 0 spiro atoms. The van der Waals surface area contributed by atoms with E-state index in [0.717, 1.165) is 61.8 Å². The Bertz CT molecular complexity index is 1010. The molecule has 0 amide bonds. The van der Waals surface area contributed by atoms with Gasteiger partial charge in [-0.3, -0.25) is 9.58 Å². The quantitative estimate of drug-likeness (QED) is 0.513. The second-order valence-corrected chi connectivity index (χ2v) is 8.14. The maximum Gasteiger partial charge on any atom is 0.416 e. The Balaban J connectivity index is 0.00000289. The molecule has 0 bridgehead atoms. The molecule has 5 nitrogen and oxygen atoms in total. The van der Waals surface area contributed by atoms with Crippen molar-refractivity contribution in [2.24, 2.45) is 0 Å². The van der Waals surface area contributed by atoms with Crippen LogP contribution in [0, 0.1) is 0 Å². The minimum atomic E-state index is -4.34. The summed E-state index contributed by atoms with van der Waals surface area (Å²) in [5.74, 6) is 0.814. The summed E-state index contributed by atoms with van der Waals surface area (Å²) in [5.41, 5.74) is 2.14. The molecule has 1 aliphatic heterocycles. The largest absolute Gasteiger partial charge is 0.416 e. The van der Waals surface area contributed by atoms with E-state index >= 15 is 0 Å². The molecule has 172 valence electrons. The number of benzene rings is 1. The van der Waals surface area contributed by atoms with E-state index in [2.05, 4.69) is 39.9 Å². The van der Waals surface area contributed by atoms with Gasteiger partial charge in [0.25, 0.3) is 0 Å². The van der Waals surface area contributed by atoms with Gasteiger partial charge in [0.2, 0.25) is 0 Å². The van der Waals surface area contributed by atoms with Crippen molar-refractivity contribution in [3.63, 3.8) is 0 Å². The molecule has 3 aromatic rings. The fraction of sp³-hybridized carbons (Fsp3) is 0.391. The summed E-state index contributed by atoms with van der Waals surface area (Å²) in [7, 11) is 0. The monoisotopic (exact) mass is 465 g/mol. The molecular weight excluding hydrogens is 439 g/mol. The molecule has 4 rings (SSSR count). The van der Waals surface area contributed by atoms with Crippen LogP contribution in [0.15, 0.2) is 55.0 Å². The zero-order valence-corrected chi connectivity index (χ0v) is 18.9. The summed E-state index contributed by atoms with van der Waals surface area (Å²) >= 11 is 0.